The fourth-order valence-corrected chi connectivity index (χ4v) is 3.95. The smallest absolute Gasteiger partial charge is 0.0552 e. The van der Waals surface area contributed by atoms with Gasteiger partial charge in [0, 0.05) is 17.8 Å². The Hall–Kier alpha value is -2.02. The van der Waals surface area contributed by atoms with Gasteiger partial charge in [-0.25, -0.2) is 0 Å². The first kappa shape index (κ1) is 12.7. The number of para-hydroxylation sites is 1. The highest BCUT2D eigenvalue weighted by Gasteiger charge is 2.36. The minimum atomic E-state index is 0.580. The van der Waals surface area contributed by atoms with Crippen molar-refractivity contribution in [1.82, 2.24) is 0 Å². The molecule has 0 radical (unpaired) electrons. The maximum atomic E-state index is 2.63. The molecule has 2 aromatic carbocycles. The maximum Gasteiger partial charge on any atom is 0.0552 e. The zero-order valence-corrected chi connectivity index (χ0v) is 12.5. The molecule has 1 atom stereocenters. The van der Waals surface area contributed by atoms with E-state index in [0.717, 1.165) is 0 Å². The highest BCUT2D eigenvalue weighted by Crippen LogP contribution is 2.46. The van der Waals surface area contributed by atoms with E-state index in [2.05, 4.69) is 66.4 Å². The summed E-state index contributed by atoms with van der Waals surface area (Å²) in [6.07, 6.45) is 3.96. The van der Waals surface area contributed by atoms with Crippen molar-refractivity contribution in [3.63, 3.8) is 0 Å². The molecule has 4 rings (SSSR count). The summed E-state index contributed by atoms with van der Waals surface area (Å²) >= 11 is 0. The number of nitrogens with zero attached hydrogens (tertiary/aromatic N) is 1. The summed E-state index contributed by atoms with van der Waals surface area (Å²) < 4.78 is 0. The van der Waals surface area contributed by atoms with Crippen molar-refractivity contribution in [2.24, 2.45) is 0 Å². The predicted molar refractivity (Wildman–Crippen MR) is 90.4 cm³/mol. The van der Waals surface area contributed by atoms with Gasteiger partial charge in [0.2, 0.25) is 0 Å². The van der Waals surface area contributed by atoms with Crippen molar-refractivity contribution in [2.45, 2.75) is 32.2 Å². The van der Waals surface area contributed by atoms with E-state index in [1.54, 1.807) is 5.57 Å². The Morgan fingerprint density at radius 2 is 1.71 bits per heavy atom. The summed E-state index contributed by atoms with van der Waals surface area (Å²) in [6, 6.07) is 20.4. The summed E-state index contributed by atoms with van der Waals surface area (Å²) in [5, 5.41) is 0. The van der Waals surface area contributed by atoms with Crippen molar-refractivity contribution in [1.29, 1.82) is 0 Å². The molecule has 106 valence electrons. The molecule has 1 saturated heterocycles. The second-order valence-electron chi connectivity index (χ2n) is 6.13. The number of anilines is 1. The summed E-state index contributed by atoms with van der Waals surface area (Å²) in [7, 11) is 0. The minimum absolute atomic E-state index is 0.580. The van der Waals surface area contributed by atoms with Gasteiger partial charge in [-0.3, -0.25) is 0 Å². The molecule has 2 aliphatic rings. The molecule has 0 aliphatic carbocycles. The summed E-state index contributed by atoms with van der Waals surface area (Å²) in [6.45, 7) is 3.49. The van der Waals surface area contributed by atoms with E-state index in [9.17, 15) is 0 Å². The molecule has 1 heteroatoms. The zero-order chi connectivity index (χ0) is 14.2. The Labute approximate surface area is 126 Å². The first-order valence-electron chi connectivity index (χ1n) is 7.98. The standard InChI is InChI=1S/C20H21N/c1-15(16-9-3-2-4-10-16)20-17-11-5-6-12-18(17)21-14-8-7-13-19(20)21/h2-6,9-12,19H,7-8,13-14H2,1H3/b20-15+. The SMILES string of the molecule is C/C(=C1/c2ccccc2N2CCCCC12)c1ccccc1. The average Bonchev–Trinajstić information content (AvgIpc) is 2.90. The lowest BCUT2D eigenvalue weighted by atomic mass is 9.89. The summed E-state index contributed by atoms with van der Waals surface area (Å²) in [5.41, 5.74) is 7.24. The number of piperidine rings is 1. The lowest BCUT2D eigenvalue weighted by molar-refractivity contribution is 0.533. The predicted octanol–water partition coefficient (Wildman–Crippen LogP) is 4.99. The molecule has 0 aromatic heterocycles. The number of fused-ring (bicyclic) bond motifs is 3. The molecule has 1 fully saturated rings. The van der Waals surface area contributed by atoms with Gasteiger partial charge in [-0.1, -0.05) is 48.5 Å². The molecule has 0 spiro atoms. The van der Waals surface area contributed by atoms with Crippen LogP contribution in [0.25, 0.3) is 11.1 Å². The van der Waals surface area contributed by atoms with Crippen LogP contribution in [0.2, 0.25) is 0 Å². The van der Waals surface area contributed by atoms with Gasteiger partial charge in [0.15, 0.2) is 0 Å². The van der Waals surface area contributed by atoms with Gasteiger partial charge in [-0.2, -0.15) is 0 Å². The maximum absolute atomic E-state index is 2.63. The Morgan fingerprint density at radius 1 is 0.952 bits per heavy atom. The first-order valence-corrected chi connectivity index (χ1v) is 7.98. The highest BCUT2D eigenvalue weighted by molar-refractivity contribution is 6.00. The lowest BCUT2D eigenvalue weighted by Gasteiger charge is -2.33. The van der Waals surface area contributed by atoms with Gasteiger partial charge in [0.25, 0.3) is 0 Å². The van der Waals surface area contributed by atoms with E-state index >= 15 is 0 Å². The van der Waals surface area contributed by atoms with Gasteiger partial charge in [-0.15, -0.1) is 0 Å². The summed E-state index contributed by atoms with van der Waals surface area (Å²) in [5.74, 6) is 0. The molecule has 21 heavy (non-hydrogen) atoms. The molecular weight excluding hydrogens is 254 g/mol. The molecule has 0 amide bonds. The van der Waals surface area contributed by atoms with E-state index in [1.807, 2.05) is 0 Å². The lowest BCUT2D eigenvalue weighted by Crippen LogP contribution is -2.36. The second kappa shape index (κ2) is 5.07. The first-order chi connectivity index (χ1) is 10.4. The third kappa shape index (κ3) is 1.99. The number of hydrogen-bond acceptors (Lipinski definition) is 1. The van der Waals surface area contributed by atoms with Crippen LogP contribution in [-0.4, -0.2) is 12.6 Å². The molecule has 2 heterocycles. The van der Waals surface area contributed by atoms with Gasteiger partial charge < -0.3 is 4.90 Å². The molecular formula is C20H21N. The number of rotatable bonds is 1. The van der Waals surface area contributed by atoms with Crippen LogP contribution in [0.15, 0.2) is 54.6 Å². The Bertz CT molecular complexity index is 684. The van der Waals surface area contributed by atoms with Crippen molar-refractivity contribution >= 4 is 16.8 Å². The monoisotopic (exact) mass is 275 g/mol. The molecule has 0 bridgehead atoms. The normalized spacial score (nSPS) is 22.7. The van der Waals surface area contributed by atoms with Gasteiger partial charge in [0.1, 0.15) is 0 Å². The second-order valence-corrected chi connectivity index (χ2v) is 6.13. The van der Waals surface area contributed by atoms with E-state index < -0.39 is 0 Å². The van der Waals surface area contributed by atoms with Crippen molar-refractivity contribution in [3.8, 4) is 0 Å². The molecule has 2 aromatic rings. The van der Waals surface area contributed by atoms with Crippen LogP contribution in [0, 0.1) is 0 Å². The Balaban J connectivity index is 1.91. The van der Waals surface area contributed by atoms with E-state index in [1.165, 1.54) is 48.2 Å². The van der Waals surface area contributed by atoms with Gasteiger partial charge >= 0.3 is 0 Å². The fraction of sp³-hybridized carbons (Fsp3) is 0.300. The van der Waals surface area contributed by atoms with Crippen LogP contribution in [0.5, 0.6) is 0 Å². The summed E-state index contributed by atoms with van der Waals surface area (Å²) in [4.78, 5) is 2.63. The molecule has 2 aliphatic heterocycles. The van der Waals surface area contributed by atoms with Crippen LogP contribution in [0.3, 0.4) is 0 Å². The zero-order valence-electron chi connectivity index (χ0n) is 12.5. The molecule has 0 N–H and O–H groups in total. The molecule has 0 saturated carbocycles. The van der Waals surface area contributed by atoms with Gasteiger partial charge in [-0.05, 0) is 49.0 Å². The van der Waals surface area contributed by atoms with Crippen LogP contribution >= 0.6 is 0 Å². The fourth-order valence-electron chi connectivity index (χ4n) is 3.95. The quantitative estimate of drug-likeness (QED) is 0.708. The third-order valence-corrected chi connectivity index (χ3v) is 4.95. The number of allylic oxidation sites excluding steroid dienone is 1. The van der Waals surface area contributed by atoms with Gasteiger partial charge in [0.05, 0.1) is 6.04 Å². The van der Waals surface area contributed by atoms with Crippen molar-refractivity contribution in [3.05, 3.63) is 65.7 Å². The Kier molecular flexibility index (Phi) is 3.07. The topological polar surface area (TPSA) is 3.24 Å². The van der Waals surface area contributed by atoms with Crippen LogP contribution < -0.4 is 4.90 Å². The van der Waals surface area contributed by atoms with Crippen molar-refractivity contribution < 1.29 is 0 Å². The Morgan fingerprint density at radius 3 is 2.57 bits per heavy atom. The molecule has 1 unspecified atom stereocenters. The van der Waals surface area contributed by atoms with E-state index in [-0.39, 0.29) is 0 Å². The third-order valence-electron chi connectivity index (χ3n) is 4.95. The highest BCUT2D eigenvalue weighted by atomic mass is 15.2. The van der Waals surface area contributed by atoms with E-state index in [0.29, 0.717) is 6.04 Å². The average molecular weight is 275 g/mol. The largest absolute Gasteiger partial charge is 0.364 e. The van der Waals surface area contributed by atoms with Crippen LogP contribution in [0.1, 0.15) is 37.3 Å². The number of hydrogen-bond donors (Lipinski definition) is 0. The van der Waals surface area contributed by atoms with Crippen molar-refractivity contribution in [2.75, 3.05) is 11.4 Å². The van der Waals surface area contributed by atoms with E-state index in [4.69, 9.17) is 0 Å². The van der Waals surface area contributed by atoms with Crippen LogP contribution in [-0.2, 0) is 0 Å². The molecule has 1 nitrogen and oxygen atoms in total. The van der Waals surface area contributed by atoms with Crippen LogP contribution in [0.4, 0.5) is 5.69 Å². The minimum Gasteiger partial charge on any atom is -0.364 e. The number of benzene rings is 2.